The maximum absolute atomic E-state index is 12.7. The first kappa shape index (κ1) is 15.5. The van der Waals surface area contributed by atoms with E-state index in [9.17, 15) is 19.8 Å². The zero-order valence-electron chi connectivity index (χ0n) is 14.2. The summed E-state index contributed by atoms with van der Waals surface area (Å²) in [5.41, 5.74) is -1.22. The van der Waals surface area contributed by atoms with E-state index in [0.29, 0.717) is 23.3 Å². The van der Waals surface area contributed by atoms with Crippen LogP contribution in [-0.2, 0) is 26.1 Å². The van der Waals surface area contributed by atoms with Crippen molar-refractivity contribution in [2.75, 3.05) is 0 Å². The van der Waals surface area contributed by atoms with Gasteiger partial charge in [0.15, 0.2) is 0 Å². The van der Waals surface area contributed by atoms with E-state index < -0.39 is 52.8 Å². The Morgan fingerprint density at radius 3 is 2.56 bits per heavy atom. The van der Waals surface area contributed by atoms with Crippen molar-refractivity contribution in [2.24, 2.45) is 11.3 Å². The van der Waals surface area contributed by atoms with Crippen LogP contribution < -0.4 is 5.63 Å². The molecule has 1 aromatic rings. The Balaban J connectivity index is 1.85. The maximum atomic E-state index is 12.7. The number of aliphatic hydroxyl groups excluding tert-OH is 2. The molecule has 7 heteroatoms. The summed E-state index contributed by atoms with van der Waals surface area (Å²) in [5.74, 6) is -0.609. The van der Waals surface area contributed by atoms with Crippen LogP contribution in [0.3, 0.4) is 0 Å². The second kappa shape index (κ2) is 4.34. The molecule has 0 bridgehead atoms. The van der Waals surface area contributed by atoms with Crippen LogP contribution in [0.4, 0.5) is 0 Å². The Morgan fingerprint density at radius 1 is 1.16 bits per heavy atom. The Labute approximate surface area is 143 Å². The van der Waals surface area contributed by atoms with Crippen LogP contribution >= 0.6 is 0 Å². The number of rotatable bonds is 1. The number of hydrogen-bond donors (Lipinski definition) is 2. The number of epoxide rings is 1. The highest BCUT2D eigenvalue weighted by atomic mass is 16.6. The van der Waals surface area contributed by atoms with E-state index in [1.807, 2.05) is 13.8 Å². The van der Waals surface area contributed by atoms with Gasteiger partial charge in [0, 0.05) is 29.4 Å². The third-order valence-electron chi connectivity index (χ3n) is 6.93. The van der Waals surface area contributed by atoms with Crippen LogP contribution in [0.15, 0.2) is 15.3 Å². The zero-order chi connectivity index (χ0) is 17.9. The lowest BCUT2D eigenvalue weighted by molar-refractivity contribution is -0.156. The highest BCUT2D eigenvalue weighted by Gasteiger charge is 2.79. The molecule has 2 aliphatic heterocycles. The van der Waals surface area contributed by atoms with Gasteiger partial charge < -0.3 is 24.1 Å². The fourth-order valence-electron chi connectivity index (χ4n) is 5.74. The summed E-state index contributed by atoms with van der Waals surface area (Å²) in [6.45, 7) is 5.45. The molecule has 0 amide bonds. The van der Waals surface area contributed by atoms with Gasteiger partial charge in [-0.05, 0) is 12.5 Å². The van der Waals surface area contributed by atoms with Crippen molar-refractivity contribution in [1.29, 1.82) is 0 Å². The predicted molar refractivity (Wildman–Crippen MR) is 82.8 cm³/mol. The minimum atomic E-state index is -1.18. The summed E-state index contributed by atoms with van der Waals surface area (Å²) in [4.78, 5) is 24.8. The Bertz CT molecular complexity index is 859. The lowest BCUT2D eigenvalue weighted by atomic mass is 9.48. The van der Waals surface area contributed by atoms with Gasteiger partial charge in [-0.2, -0.15) is 0 Å². The average Bonchev–Trinajstić information content (AvgIpc) is 3.33. The van der Waals surface area contributed by atoms with Crippen LogP contribution in [0.1, 0.15) is 43.8 Å². The van der Waals surface area contributed by atoms with E-state index in [4.69, 9.17) is 13.9 Å². The van der Waals surface area contributed by atoms with E-state index in [-0.39, 0.29) is 6.10 Å². The largest absolute Gasteiger partial charge is 0.458 e. The molecular formula is C18H20O7. The molecule has 2 aliphatic carbocycles. The molecule has 2 saturated heterocycles. The zero-order valence-corrected chi connectivity index (χ0v) is 14.2. The first-order valence-corrected chi connectivity index (χ1v) is 8.66. The quantitative estimate of drug-likeness (QED) is 0.551. The molecule has 4 aliphatic rings. The number of ether oxygens (including phenoxy) is 2. The predicted octanol–water partition coefficient (Wildman–Crippen LogP) is 0.197. The van der Waals surface area contributed by atoms with Crippen LogP contribution in [-0.4, -0.2) is 40.6 Å². The summed E-state index contributed by atoms with van der Waals surface area (Å²) in [6.07, 6.45) is -3.25. The fraction of sp³-hybridized carbons (Fsp3) is 0.667. The van der Waals surface area contributed by atoms with Gasteiger partial charge in [0.2, 0.25) is 0 Å². The number of fused-ring (bicyclic) bond motifs is 4. The molecule has 8 atom stereocenters. The standard InChI is InChI=1S/C18H20O7/c1-4-7-9-6(5-8(19)23-7)17(2)13-11(10(9)20)25-16(22)18(13,3)14(21)12-15(17)24-12/h5,10-15,20-21H,4H2,1-3H3/t10-,11-,12-,13-,14+,15-,17-,18-/m1/s1. The number of carbonyl (C=O) groups excluding carboxylic acids is 1. The number of aliphatic hydroxyl groups is 2. The van der Waals surface area contributed by atoms with Crippen molar-refractivity contribution in [3.8, 4) is 0 Å². The summed E-state index contributed by atoms with van der Waals surface area (Å²) >= 11 is 0. The molecule has 25 heavy (non-hydrogen) atoms. The molecule has 5 rings (SSSR count). The monoisotopic (exact) mass is 348 g/mol. The molecule has 1 saturated carbocycles. The van der Waals surface area contributed by atoms with Gasteiger partial charge in [0.1, 0.15) is 29.5 Å². The average molecular weight is 348 g/mol. The molecule has 134 valence electrons. The Morgan fingerprint density at radius 2 is 1.88 bits per heavy atom. The summed E-state index contributed by atoms with van der Waals surface area (Å²) in [7, 11) is 0. The molecule has 0 unspecified atom stereocenters. The second-order valence-corrected chi connectivity index (χ2v) is 7.99. The summed E-state index contributed by atoms with van der Waals surface area (Å²) < 4.78 is 16.6. The molecular weight excluding hydrogens is 328 g/mol. The number of esters is 1. The molecule has 1 aromatic heterocycles. The molecule has 0 spiro atoms. The number of carbonyl (C=O) groups is 1. The number of hydrogen-bond acceptors (Lipinski definition) is 7. The SMILES string of the molecule is CCc1oc(=O)cc2c1[C@@H](O)[C@H]1OC(=O)[C@@]3(C)[C@@H](O)[C@H]4O[C@H]4[C@@]2(C)[C@@H]13. The molecule has 0 aromatic carbocycles. The highest BCUT2D eigenvalue weighted by molar-refractivity contribution is 5.82. The fourth-order valence-corrected chi connectivity index (χ4v) is 5.74. The summed E-state index contributed by atoms with van der Waals surface area (Å²) in [5, 5.41) is 21.7. The van der Waals surface area contributed by atoms with Crippen LogP contribution in [0.25, 0.3) is 0 Å². The Kier molecular flexibility index (Phi) is 2.70. The first-order chi connectivity index (χ1) is 11.8. The van der Waals surface area contributed by atoms with Crippen molar-refractivity contribution in [1.82, 2.24) is 0 Å². The molecule has 7 nitrogen and oxygen atoms in total. The highest BCUT2D eigenvalue weighted by Crippen LogP contribution is 2.68. The van der Waals surface area contributed by atoms with Crippen LogP contribution in [0.5, 0.6) is 0 Å². The first-order valence-electron chi connectivity index (χ1n) is 8.66. The van der Waals surface area contributed by atoms with Crippen molar-refractivity contribution in [2.45, 2.75) is 63.1 Å². The van der Waals surface area contributed by atoms with Crippen molar-refractivity contribution in [3.05, 3.63) is 33.4 Å². The van der Waals surface area contributed by atoms with Gasteiger partial charge >= 0.3 is 11.6 Å². The smallest absolute Gasteiger partial charge is 0.336 e. The number of aryl methyl sites for hydroxylation is 1. The Hall–Kier alpha value is -1.70. The van der Waals surface area contributed by atoms with Crippen molar-refractivity contribution in [3.63, 3.8) is 0 Å². The van der Waals surface area contributed by atoms with Gasteiger partial charge in [-0.1, -0.05) is 13.8 Å². The van der Waals surface area contributed by atoms with E-state index in [2.05, 4.69) is 0 Å². The minimum absolute atomic E-state index is 0.324. The van der Waals surface area contributed by atoms with Gasteiger partial charge in [-0.15, -0.1) is 0 Å². The third-order valence-corrected chi connectivity index (χ3v) is 6.93. The normalized spacial score (nSPS) is 49.1. The molecule has 3 heterocycles. The topological polar surface area (TPSA) is 110 Å². The van der Waals surface area contributed by atoms with Crippen molar-refractivity contribution >= 4 is 5.97 Å². The maximum Gasteiger partial charge on any atom is 0.336 e. The van der Waals surface area contributed by atoms with E-state index >= 15 is 0 Å². The van der Waals surface area contributed by atoms with E-state index in [0.717, 1.165) is 0 Å². The second-order valence-electron chi connectivity index (χ2n) is 7.99. The van der Waals surface area contributed by atoms with Gasteiger partial charge in [0.25, 0.3) is 0 Å². The lowest BCUT2D eigenvalue weighted by Crippen LogP contribution is -2.62. The van der Waals surface area contributed by atoms with E-state index in [1.165, 1.54) is 6.07 Å². The summed E-state index contributed by atoms with van der Waals surface area (Å²) in [6, 6.07) is 1.40. The third kappa shape index (κ3) is 1.50. The van der Waals surface area contributed by atoms with Crippen molar-refractivity contribution < 1.29 is 28.9 Å². The van der Waals surface area contributed by atoms with Gasteiger partial charge in [-0.25, -0.2) is 4.79 Å². The molecule has 3 fully saturated rings. The van der Waals surface area contributed by atoms with E-state index in [1.54, 1.807) is 6.92 Å². The van der Waals surface area contributed by atoms with Crippen LogP contribution in [0.2, 0.25) is 0 Å². The van der Waals surface area contributed by atoms with Gasteiger partial charge in [0.05, 0.1) is 12.2 Å². The minimum Gasteiger partial charge on any atom is -0.458 e. The lowest BCUT2D eigenvalue weighted by Gasteiger charge is -2.51. The van der Waals surface area contributed by atoms with Crippen LogP contribution in [0, 0.1) is 11.3 Å². The molecule has 0 radical (unpaired) electrons. The van der Waals surface area contributed by atoms with Gasteiger partial charge in [-0.3, -0.25) is 4.79 Å². The molecule has 2 N–H and O–H groups in total.